The highest BCUT2D eigenvalue weighted by Crippen LogP contribution is 2.08. The Morgan fingerprint density at radius 2 is 2.53 bits per heavy atom. The monoisotopic (exact) mass is 266 g/mol. The van der Waals surface area contributed by atoms with Gasteiger partial charge in [0.2, 0.25) is 5.91 Å². The smallest absolute Gasteiger partial charge is 0.226 e. The van der Waals surface area contributed by atoms with Crippen molar-refractivity contribution in [2.75, 3.05) is 25.1 Å². The molecular formula is C13H22N4O2. The lowest BCUT2D eigenvalue weighted by atomic mass is 10.2. The Kier molecular flexibility index (Phi) is 4.93. The number of ether oxygens (including phenoxy) is 1. The van der Waals surface area contributed by atoms with E-state index in [1.165, 1.54) is 0 Å². The molecule has 2 heterocycles. The fraction of sp³-hybridized carbons (Fsp3) is 0.692. The van der Waals surface area contributed by atoms with Gasteiger partial charge in [0, 0.05) is 31.7 Å². The number of nitrogens with zero attached hydrogens (tertiary/aromatic N) is 2. The zero-order chi connectivity index (χ0) is 13.7. The van der Waals surface area contributed by atoms with Crippen molar-refractivity contribution in [3.63, 3.8) is 0 Å². The van der Waals surface area contributed by atoms with E-state index in [0.29, 0.717) is 18.9 Å². The molecule has 0 aromatic carbocycles. The molecule has 0 bridgehead atoms. The molecule has 106 valence electrons. The van der Waals surface area contributed by atoms with Crippen molar-refractivity contribution in [1.82, 2.24) is 15.1 Å². The average Bonchev–Trinajstić information content (AvgIpc) is 2.76. The Labute approximate surface area is 113 Å². The molecule has 1 aliphatic heterocycles. The molecule has 2 rings (SSSR count). The number of carbonyl (C=O) groups excluding carboxylic acids is 1. The Morgan fingerprint density at radius 3 is 3.21 bits per heavy atom. The summed E-state index contributed by atoms with van der Waals surface area (Å²) in [6, 6.07) is 0.111. The first-order valence-electron chi connectivity index (χ1n) is 6.77. The summed E-state index contributed by atoms with van der Waals surface area (Å²) >= 11 is 0. The van der Waals surface area contributed by atoms with Crippen molar-refractivity contribution in [3.05, 3.63) is 12.4 Å². The Bertz CT molecular complexity index is 411. The third-order valence-corrected chi connectivity index (χ3v) is 2.90. The van der Waals surface area contributed by atoms with Crippen LogP contribution in [0.15, 0.2) is 12.4 Å². The fourth-order valence-electron chi connectivity index (χ4n) is 2.09. The Hall–Kier alpha value is -1.40. The van der Waals surface area contributed by atoms with Crippen LogP contribution in [-0.4, -0.2) is 41.5 Å². The molecule has 2 N–H and O–H groups in total. The topological polar surface area (TPSA) is 68.2 Å². The van der Waals surface area contributed by atoms with Gasteiger partial charge in [-0.2, -0.15) is 5.10 Å². The number of carbonyl (C=O) groups is 1. The van der Waals surface area contributed by atoms with E-state index in [-0.39, 0.29) is 11.9 Å². The van der Waals surface area contributed by atoms with Gasteiger partial charge >= 0.3 is 0 Å². The maximum Gasteiger partial charge on any atom is 0.226 e. The van der Waals surface area contributed by atoms with Crippen LogP contribution in [0.3, 0.4) is 0 Å². The molecule has 1 aromatic heterocycles. The number of anilines is 1. The van der Waals surface area contributed by atoms with Crippen LogP contribution in [0, 0.1) is 5.92 Å². The molecule has 1 amide bonds. The summed E-state index contributed by atoms with van der Waals surface area (Å²) in [4.78, 5) is 11.9. The molecule has 1 fully saturated rings. The summed E-state index contributed by atoms with van der Waals surface area (Å²) in [6.45, 7) is 7.25. The minimum Gasteiger partial charge on any atom is -0.378 e. The molecule has 0 aliphatic carbocycles. The average molecular weight is 266 g/mol. The highest BCUT2D eigenvalue weighted by atomic mass is 16.5. The van der Waals surface area contributed by atoms with E-state index in [1.807, 2.05) is 10.9 Å². The Morgan fingerprint density at radius 1 is 1.68 bits per heavy atom. The summed E-state index contributed by atoms with van der Waals surface area (Å²) in [7, 11) is 0. The van der Waals surface area contributed by atoms with E-state index in [4.69, 9.17) is 4.74 Å². The summed E-state index contributed by atoms with van der Waals surface area (Å²) < 4.78 is 7.17. The van der Waals surface area contributed by atoms with Gasteiger partial charge in [-0.1, -0.05) is 13.8 Å². The second-order valence-electron chi connectivity index (χ2n) is 5.32. The van der Waals surface area contributed by atoms with Gasteiger partial charge in [-0.3, -0.25) is 9.48 Å². The number of amides is 1. The van der Waals surface area contributed by atoms with E-state index in [9.17, 15) is 4.79 Å². The lowest BCUT2D eigenvalue weighted by Gasteiger charge is -2.23. The van der Waals surface area contributed by atoms with Crippen molar-refractivity contribution in [3.8, 4) is 0 Å². The van der Waals surface area contributed by atoms with Crippen LogP contribution in [-0.2, 0) is 16.1 Å². The summed E-state index contributed by atoms with van der Waals surface area (Å²) in [5.74, 6) is 0.527. The SMILES string of the molecule is CC(C)Cn1cc(NC(=O)CC2COCCN2)cn1. The van der Waals surface area contributed by atoms with Crippen molar-refractivity contribution in [2.45, 2.75) is 32.9 Å². The molecule has 1 unspecified atom stereocenters. The van der Waals surface area contributed by atoms with Gasteiger partial charge in [0.15, 0.2) is 0 Å². The van der Waals surface area contributed by atoms with Gasteiger partial charge in [-0.05, 0) is 5.92 Å². The molecule has 6 heteroatoms. The second-order valence-corrected chi connectivity index (χ2v) is 5.32. The molecule has 19 heavy (non-hydrogen) atoms. The van der Waals surface area contributed by atoms with Crippen LogP contribution in [0.2, 0.25) is 0 Å². The maximum absolute atomic E-state index is 11.9. The number of hydrogen-bond acceptors (Lipinski definition) is 4. The predicted molar refractivity (Wildman–Crippen MR) is 72.9 cm³/mol. The summed E-state index contributed by atoms with van der Waals surface area (Å²) in [5, 5.41) is 10.3. The zero-order valence-corrected chi connectivity index (χ0v) is 11.6. The third-order valence-electron chi connectivity index (χ3n) is 2.90. The van der Waals surface area contributed by atoms with Gasteiger partial charge in [0.05, 0.1) is 25.1 Å². The first kappa shape index (κ1) is 14.0. The molecule has 6 nitrogen and oxygen atoms in total. The van der Waals surface area contributed by atoms with Crippen molar-refractivity contribution in [2.24, 2.45) is 5.92 Å². The molecule has 0 radical (unpaired) electrons. The normalized spacial score (nSPS) is 19.6. The highest BCUT2D eigenvalue weighted by Gasteiger charge is 2.17. The molecule has 1 atom stereocenters. The number of hydrogen-bond donors (Lipinski definition) is 2. The number of aromatic nitrogens is 2. The van der Waals surface area contributed by atoms with Crippen LogP contribution in [0.1, 0.15) is 20.3 Å². The lowest BCUT2D eigenvalue weighted by Crippen LogP contribution is -2.43. The number of morpholine rings is 1. The predicted octanol–water partition coefficient (Wildman–Crippen LogP) is 0.856. The van der Waals surface area contributed by atoms with Crippen LogP contribution in [0.4, 0.5) is 5.69 Å². The maximum atomic E-state index is 11.9. The zero-order valence-electron chi connectivity index (χ0n) is 11.6. The fourth-order valence-corrected chi connectivity index (χ4v) is 2.09. The molecular weight excluding hydrogens is 244 g/mol. The van der Waals surface area contributed by atoms with Gasteiger partial charge in [-0.15, -0.1) is 0 Å². The van der Waals surface area contributed by atoms with Crippen LogP contribution in [0.5, 0.6) is 0 Å². The van der Waals surface area contributed by atoms with Crippen LogP contribution < -0.4 is 10.6 Å². The molecule has 1 aromatic rings. The second kappa shape index (κ2) is 6.68. The van der Waals surface area contributed by atoms with Gasteiger partial charge in [-0.25, -0.2) is 0 Å². The minimum absolute atomic E-state index is 0.00732. The molecule has 0 saturated carbocycles. The first-order chi connectivity index (χ1) is 9.13. The lowest BCUT2D eigenvalue weighted by molar-refractivity contribution is -0.117. The van der Waals surface area contributed by atoms with E-state index in [1.54, 1.807) is 6.20 Å². The van der Waals surface area contributed by atoms with E-state index < -0.39 is 0 Å². The number of nitrogens with one attached hydrogen (secondary N) is 2. The standard InChI is InChI=1S/C13H22N4O2/c1-10(2)7-17-8-12(6-15-17)16-13(18)5-11-9-19-4-3-14-11/h6,8,10-11,14H,3-5,7,9H2,1-2H3,(H,16,18). The minimum atomic E-state index is -0.00732. The van der Waals surface area contributed by atoms with Crippen molar-refractivity contribution >= 4 is 11.6 Å². The van der Waals surface area contributed by atoms with E-state index in [2.05, 4.69) is 29.6 Å². The summed E-state index contributed by atoms with van der Waals surface area (Å²) in [6.07, 6.45) is 3.98. The quantitative estimate of drug-likeness (QED) is 0.829. The van der Waals surface area contributed by atoms with Crippen molar-refractivity contribution < 1.29 is 9.53 Å². The first-order valence-corrected chi connectivity index (χ1v) is 6.77. The largest absolute Gasteiger partial charge is 0.378 e. The van der Waals surface area contributed by atoms with Gasteiger partial charge in [0.25, 0.3) is 0 Å². The third kappa shape index (κ3) is 4.65. The molecule has 0 spiro atoms. The van der Waals surface area contributed by atoms with E-state index >= 15 is 0 Å². The highest BCUT2D eigenvalue weighted by molar-refractivity contribution is 5.90. The van der Waals surface area contributed by atoms with Gasteiger partial charge < -0.3 is 15.4 Å². The van der Waals surface area contributed by atoms with Crippen molar-refractivity contribution in [1.29, 1.82) is 0 Å². The molecule has 1 aliphatic rings. The Balaban J connectivity index is 1.79. The van der Waals surface area contributed by atoms with Gasteiger partial charge in [0.1, 0.15) is 0 Å². The van der Waals surface area contributed by atoms with Crippen LogP contribution >= 0.6 is 0 Å². The summed E-state index contributed by atoms with van der Waals surface area (Å²) in [5.41, 5.74) is 0.752. The molecule has 1 saturated heterocycles. The van der Waals surface area contributed by atoms with Crippen LogP contribution in [0.25, 0.3) is 0 Å². The van der Waals surface area contributed by atoms with E-state index in [0.717, 1.165) is 25.4 Å². The number of rotatable bonds is 5.